The number of piperidine rings is 3. The molecule has 4 aliphatic rings. The Morgan fingerprint density at radius 3 is 2.63 bits per heavy atom. The van der Waals surface area contributed by atoms with E-state index in [2.05, 4.69) is 22.1 Å². The average molecular weight is 385 g/mol. The monoisotopic (exact) mass is 384 g/mol. The molecule has 142 valence electrons. The van der Waals surface area contributed by atoms with E-state index in [1.54, 1.807) is 6.20 Å². The third-order valence-corrected chi connectivity index (χ3v) is 7.55. The van der Waals surface area contributed by atoms with Crippen LogP contribution >= 0.6 is 11.3 Å². The molecule has 0 aromatic carbocycles. The Bertz CT molecular complexity index is 897. The lowest BCUT2D eigenvalue weighted by atomic mass is 9.79. The normalized spacial score (nSPS) is 29.6. The Hall–Kier alpha value is -1.99. The molecule has 0 spiro atoms. The van der Waals surface area contributed by atoms with E-state index in [-0.39, 0.29) is 17.9 Å². The summed E-state index contributed by atoms with van der Waals surface area (Å²) in [5.41, 5.74) is 0.441. The third kappa shape index (κ3) is 2.93. The second-order valence-corrected chi connectivity index (χ2v) is 9.06. The van der Waals surface area contributed by atoms with Crippen LogP contribution in [0.4, 0.5) is 0 Å². The minimum Gasteiger partial charge on any atom is -0.346 e. The van der Waals surface area contributed by atoms with Crippen molar-refractivity contribution in [1.82, 2.24) is 20.1 Å². The summed E-state index contributed by atoms with van der Waals surface area (Å²) in [6.45, 7) is 6.18. The quantitative estimate of drug-likeness (QED) is 0.882. The lowest BCUT2D eigenvalue weighted by Crippen LogP contribution is -2.62. The van der Waals surface area contributed by atoms with Crippen molar-refractivity contribution >= 4 is 33.2 Å². The van der Waals surface area contributed by atoms with Crippen LogP contribution in [0.1, 0.15) is 46.3 Å². The lowest BCUT2D eigenvalue weighted by molar-refractivity contribution is 0.0216. The average Bonchev–Trinajstić information content (AvgIpc) is 3.07. The van der Waals surface area contributed by atoms with Crippen molar-refractivity contribution in [3.05, 3.63) is 28.9 Å². The molecule has 7 heteroatoms. The molecular weight excluding hydrogens is 360 g/mol. The van der Waals surface area contributed by atoms with Gasteiger partial charge in [0.1, 0.15) is 5.69 Å². The number of nitrogens with one attached hydrogen (secondary N) is 1. The highest BCUT2D eigenvalue weighted by atomic mass is 32.1. The molecule has 2 amide bonds. The fraction of sp³-hybridized carbons (Fsp3) is 0.550. The first-order chi connectivity index (χ1) is 13.1. The summed E-state index contributed by atoms with van der Waals surface area (Å²) in [6, 6.07) is 4.30. The van der Waals surface area contributed by atoms with Gasteiger partial charge < -0.3 is 10.2 Å². The molecule has 0 aliphatic carbocycles. The first-order valence-electron chi connectivity index (χ1n) is 9.84. The van der Waals surface area contributed by atoms with Gasteiger partial charge in [-0.05, 0) is 57.3 Å². The molecule has 6 nitrogen and oxygen atoms in total. The molecule has 2 aromatic heterocycles. The van der Waals surface area contributed by atoms with E-state index in [4.69, 9.17) is 0 Å². The van der Waals surface area contributed by atoms with Crippen LogP contribution in [0.5, 0.6) is 0 Å². The molecule has 0 saturated carbocycles. The van der Waals surface area contributed by atoms with Crippen molar-refractivity contribution in [2.75, 3.05) is 26.2 Å². The summed E-state index contributed by atoms with van der Waals surface area (Å²) in [5.74, 6) is 0.557. The maximum Gasteiger partial charge on any atom is 0.270 e. The van der Waals surface area contributed by atoms with Crippen LogP contribution in [-0.4, -0.2) is 64.9 Å². The number of fused-ring (bicyclic) bond motifs is 4. The van der Waals surface area contributed by atoms with E-state index < -0.39 is 0 Å². The SMILES string of the molecule is CC1C(NC(=O)c2cc3sc(C(=O)N4CCC4)cc3cn2)C2CCN1CC2. The van der Waals surface area contributed by atoms with Gasteiger partial charge in [-0.15, -0.1) is 11.3 Å². The molecule has 4 saturated heterocycles. The predicted molar refractivity (Wildman–Crippen MR) is 105 cm³/mol. The van der Waals surface area contributed by atoms with Gasteiger partial charge in [0, 0.05) is 41.5 Å². The van der Waals surface area contributed by atoms with Crippen LogP contribution in [0, 0.1) is 5.92 Å². The Morgan fingerprint density at radius 1 is 1.19 bits per heavy atom. The number of hydrogen-bond donors (Lipinski definition) is 1. The van der Waals surface area contributed by atoms with Crippen LogP contribution in [0.2, 0.25) is 0 Å². The summed E-state index contributed by atoms with van der Waals surface area (Å²) in [4.78, 5) is 34.7. The van der Waals surface area contributed by atoms with Crippen molar-refractivity contribution in [2.24, 2.45) is 5.92 Å². The van der Waals surface area contributed by atoms with E-state index in [0.29, 0.717) is 17.7 Å². The second-order valence-electron chi connectivity index (χ2n) is 7.98. The zero-order valence-corrected chi connectivity index (χ0v) is 16.3. The van der Waals surface area contributed by atoms with Crippen LogP contribution in [-0.2, 0) is 0 Å². The summed E-state index contributed by atoms with van der Waals surface area (Å²) in [7, 11) is 0. The summed E-state index contributed by atoms with van der Waals surface area (Å²) in [5, 5.41) is 4.16. The largest absolute Gasteiger partial charge is 0.346 e. The molecule has 2 bridgehead atoms. The van der Waals surface area contributed by atoms with Gasteiger partial charge in [-0.1, -0.05) is 0 Å². The van der Waals surface area contributed by atoms with Crippen molar-refractivity contribution in [1.29, 1.82) is 0 Å². The molecule has 4 aliphatic heterocycles. The Morgan fingerprint density at radius 2 is 1.96 bits per heavy atom. The molecule has 2 unspecified atom stereocenters. The molecule has 0 radical (unpaired) electrons. The van der Waals surface area contributed by atoms with Crippen LogP contribution < -0.4 is 5.32 Å². The van der Waals surface area contributed by atoms with E-state index >= 15 is 0 Å². The molecule has 4 fully saturated rings. The predicted octanol–water partition coefficient (Wildman–Crippen LogP) is 2.35. The number of amides is 2. The van der Waals surface area contributed by atoms with Crippen LogP contribution in [0.3, 0.4) is 0 Å². The Kier molecular flexibility index (Phi) is 4.16. The van der Waals surface area contributed by atoms with Gasteiger partial charge in [-0.25, -0.2) is 0 Å². The summed E-state index contributed by atoms with van der Waals surface area (Å²) >= 11 is 1.45. The molecular formula is C20H24N4O2S. The molecule has 27 heavy (non-hydrogen) atoms. The topological polar surface area (TPSA) is 65.5 Å². The smallest absolute Gasteiger partial charge is 0.270 e. The van der Waals surface area contributed by atoms with Gasteiger partial charge in [0.2, 0.25) is 0 Å². The number of hydrogen-bond acceptors (Lipinski definition) is 5. The van der Waals surface area contributed by atoms with E-state index in [9.17, 15) is 9.59 Å². The number of rotatable bonds is 3. The minimum absolute atomic E-state index is 0.0922. The maximum absolute atomic E-state index is 12.8. The van der Waals surface area contributed by atoms with Gasteiger partial charge in [0.15, 0.2) is 0 Å². The van der Waals surface area contributed by atoms with Crippen LogP contribution in [0.25, 0.3) is 10.1 Å². The zero-order valence-electron chi connectivity index (χ0n) is 15.5. The van der Waals surface area contributed by atoms with Gasteiger partial charge in [0.25, 0.3) is 11.8 Å². The highest BCUT2D eigenvalue weighted by Crippen LogP contribution is 2.32. The van der Waals surface area contributed by atoms with Crippen molar-refractivity contribution in [3.8, 4) is 0 Å². The standard InChI is InChI=1S/C20H24N4O2S/c1-12-18(13-3-7-23(12)8-4-13)22-19(25)15-10-16-14(11-21-15)9-17(27-16)20(26)24-5-2-6-24/h9-13,18H,2-8H2,1H3,(H,22,25). The first kappa shape index (κ1) is 17.1. The molecule has 6 rings (SSSR count). The first-order valence-corrected chi connectivity index (χ1v) is 10.7. The number of nitrogens with zero attached hydrogens (tertiary/aromatic N) is 3. The Balaban J connectivity index is 1.35. The fourth-order valence-electron chi connectivity index (χ4n) is 4.61. The van der Waals surface area contributed by atoms with E-state index in [0.717, 1.165) is 60.4 Å². The Labute approximate surface area is 162 Å². The van der Waals surface area contributed by atoms with Gasteiger partial charge in [0.05, 0.1) is 4.88 Å². The van der Waals surface area contributed by atoms with E-state index in [1.165, 1.54) is 11.3 Å². The van der Waals surface area contributed by atoms with Crippen molar-refractivity contribution < 1.29 is 9.59 Å². The number of likely N-dealkylation sites (tertiary alicyclic amines) is 1. The highest BCUT2D eigenvalue weighted by Gasteiger charge is 2.40. The number of carbonyl (C=O) groups is 2. The third-order valence-electron chi connectivity index (χ3n) is 6.46. The second kappa shape index (κ2) is 6.56. The van der Waals surface area contributed by atoms with Gasteiger partial charge >= 0.3 is 0 Å². The lowest BCUT2D eigenvalue weighted by Gasteiger charge is -2.49. The number of pyridine rings is 1. The minimum atomic E-state index is -0.105. The number of aromatic nitrogens is 1. The fourth-order valence-corrected chi connectivity index (χ4v) is 5.65. The molecule has 6 heterocycles. The molecule has 2 atom stereocenters. The zero-order chi connectivity index (χ0) is 18.5. The van der Waals surface area contributed by atoms with Crippen molar-refractivity contribution in [3.63, 3.8) is 0 Å². The highest BCUT2D eigenvalue weighted by molar-refractivity contribution is 7.20. The maximum atomic E-state index is 12.8. The van der Waals surface area contributed by atoms with E-state index in [1.807, 2.05) is 17.0 Å². The summed E-state index contributed by atoms with van der Waals surface area (Å²) in [6.07, 6.45) is 5.12. The van der Waals surface area contributed by atoms with Gasteiger partial charge in [-0.3, -0.25) is 19.5 Å². The van der Waals surface area contributed by atoms with Crippen molar-refractivity contribution in [2.45, 2.75) is 38.3 Å². The van der Waals surface area contributed by atoms with Gasteiger partial charge in [-0.2, -0.15) is 0 Å². The molecule has 1 N–H and O–H groups in total. The van der Waals surface area contributed by atoms with Crippen LogP contribution in [0.15, 0.2) is 18.3 Å². The number of carbonyl (C=O) groups excluding carboxylic acids is 2. The number of thiophene rings is 1. The molecule has 2 aromatic rings. The summed E-state index contributed by atoms with van der Waals surface area (Å²) < 4.78 is 0.945.